The first-order valence-corrected chi connectivity index (χ1v) is 8.33. The largest absolute Gasteiger partial charge is 0.493 e. The van der Waals surface area contributed by atoms with Crippen LogP contribution >= 0.6 is 11.8 Å². The maximum absolute atomic E-state index is 10.2. The standard InChI is InChI=1S/C17H26ClNO2/c1-13-9-15(17(20)7-8-19-18)11-16(10-13)21-12-14-5-3-2-4-6-14/h9-11,14,17,19-20H,2-8,12H2,1H3. The van der Waals surface area contributed by atoms with Crippen LogP contribution in [0.3, 0.4) is 0 Å². The molecule has 0 heterocycles. The van der Waals surface area contributed by atoms with Gasteiger partial charge < -0.3 is 9.84 Å². The van der Waals surface area contributed by atoms with Crippen molar-refractivity contribution in [3.05, 3.63) is 29.3 Å². The minimum absolute atomic E-state index is 0.506. The van der Waals surface area contributed by atoms with Crippen molar-refractivity contribution in [1.82, 2.24) is 4.84 Å². The van der Waals surface area contributed by atoms with Crippen LogP contribution in [0.4, 0.5) is 0 Å². The highest BCUT2D eigenvalue weighted by Crippen LogP contribution is 2.27. The van der Waals surface area contributed by atoms with Crippen molar-refractivity contribution in [2.24, 2.45) is 5.92 Å². The lowest BCUT2D eigenvalue weighted by Gasteiger charge is -2.22. The molecule has 2 rings (SSSR count). The lowest BCUT2D eigenvalue weighted by Crippen LogP contribution is -2.15. The summed E-state index contributed by atoms with van der Waals surface area (Å²) in [5, 5.41) is 10.2. The highest BCUT2D eigenvalue weighted by molar-refractivity contribution is 6.13. The molecule has 2 N–H and O–H groups in total. The molecule has 1 unspecified atom stereocenters. The molecule has 0 aromatic heterocycles. The van der Waals surface area contributed by atoms with Crippen LogP contribution in [0.25, 0.3) is 0 Å². The third kappa shape index (κ3) is 5.50. The summed E-state index contributed by atoms with van der Waals surface area (Å²) in [5.74, 6) is 1.56. The fourth-order valence-corrected chi connectivity index (χ4v) is 3.09. The number of benzene rings is 1. The molecule has 4 heteroatoms. The van der Waals surface area contributed by atoms with Gasteiger partial charge in [-0.05, 0) is 67.1 Å². The summed E-state index contributed by atoms with van der Waals surface area (Å²) in [6.45, 7) is 3.40. The SMILES string of the molecule is Cc1cc(OCC2CCCCC2)cc(C(O)CCNCl)c1. The maximum Gasteiger partial charge on any atom is 0.119 e. The van der Waals surface area contributed by atoms with Crippen LogP contribution in [0.5, 0.6) is 5.75 Å². The number of aliphatic hydroxyl groups is 1. The van der Waals surface area contributed by atoms with Crippen LogP contribution in [0, 0.1) is 12.8 Å². The Hall–Kier alpha value is -0.770. The fourth-order valence-electron chi connectivity index (χ4n) is 2.98. The van der Waals surface area contributed by atoms with Crippen molar-refractivity contribution in [1.29, 1.82) is 0 Å². The Bertz CT molecular complexity index is 433. The predicted octanol–water partition coefficient (Wildman–Crippen LogP) is 4.12. The Morgan fingerprint density at radius 3 is 2.76 bits per heavy atom. The molecule has 1 aliphatic rings. The molecule has 0 amide bonds. The molecule has 0 bridgehead atoms. The van der Waals surface area contributed by atoms with Crippen LogP contribution in [0.15, 0.2) is 18.2 Å². The summed E-state index contributed by atoms with van der Waals surface area (Å²) >= 11 is 5.45. The Kier molecular flexibility index (Phi) is 6.81. The van der Waals surface area contributed by atoms with Crippen molar-refractivity contribution < 1.29 is 9.84 Å². The van der Waals surface area contributed by atoms with E-state index in [1.165, 1.54) is 32.1 Å². The molecule has 1 aliphatic carbocycles. The molecule has 0 aliphatic heterocycles. The molecule has 1 saturated carbocycles. The van der Waals surface area contributed by atoms with Gasteiger partial charge in [-0.25, -0.2) is 4.84 Å². The molecule has 1 atom stereocenters. The number of aryl methyl sites for hydroxylation is 1. The van der Waals surface area contributed by atoms with Gasteiger partial charge in [0.05, 0.1) is 12.7 Å². The molecule has 118 valence electrons. The Morgan fingerprint density at radius 1 is 1.29 bits per heavy atom. The molecule has 21 heavy (non-hydrogen) atoms. The average Bonchev–Trinajstić information content (AvgIpc) is 2.51. The number of halogens is 1. The first-order valence-electron chi connectivity index (χ1n) is 7.95. The lowest BCUT2D eigenvalue weighted by molar-refractivity contribution is 0.167. The van der Waals surface area contributed by atoms with Gasteiger partial charge in [-0.15, -0.1) is 0 Å². The molecule has 0 radical (unpaired) electrons. The second-order valence-corrected chi connectivity index (χ2v) is 6.35. The van der Waals surface area contributed by atoms with Gasteiger partial charge in [0.25, 0.3) is 0 Å². The second-order valence-electron chi connectivity index (χ2n) is 6.08. The van der Waals surface area contributed by atoms with Gasteiger partial charge in [-0.2, -0.15) is 0 Å². The maximum atomic E-state index is 10.2. The van der Waals surface area contributed by atoms with Crippen molar-refractivity contribution in [2.75, 3.05) is 13.2 Å². The van der Waals surface area contributed by atoms with Crippen LogP contribution < -0.4 is 9.57 Å². The van der Waals surface area contributed by atoms with Gasteiger partial charge >= 0.3 is 0 Å². The van der Waals surface area contributed by atoms with E-state index in [9.17, 15) is 5.11 Å². The van der Waals surface area contributed by atoms with Crippen molar-refractivity contribution in [3.63, 3.8) is 0 Å². The fraction of sp³-hybridized carbons (Fsp3) is 0.647. The molecule has 1 aromatic carbocycles. The number of aliphatic hydroxyl groups excluding tert-OH is 1. The third-order valence-electron chi connectivity index (χ3n) is 4.18. The van der Waals surface area contributed by atoms with Gasteiger partial charge in [-0.1, -0.05) is 25.3 Å². The quantitative estimate of drug-likeness (QED) is 0.744. The predicted molar refractivity (Wildman–Crippen MR) is 86.7 cm³/mol. The summed E-state index contributed by atoms with van der Waals surface area (Å²) in [4.78, 5) is 2.55. The smallest absolute Gasteiger partial charge is 0.119 e. The lowest BCUT2D eigenvalue weighted by atomic mass is 9.90. The monoisotopic (exact) mass is 311 g/mol. The van der Waals surface area contributed by atoms with E-state index in [-0.39, 0.29) is 0 Å². The van der Waals surface area contributed by atoms with E-state index in [2.05, 4.69) is 4.84 Å². The molecule has 0 saturated heterocycles. The highest BCUT2D eigenvalue weighted by atomic mass is 35.5. The van der Waals surface area contributed by atoms with Crippen LogP contribution in [0.2, 0.25) is 0 Å². The first-order chi connectivity index (χ1) is 10.2. The van der Waals surface area contributed by atoms with Gasteiger partial charge in [0.1, 0.15) is 5.75 Å². The minimum Gasteiger partial charge on any atom is -0.493 e. The molecular weight excluding hydrogens is 286 g/mol. The van der Waals surface area contributed by atoms with E-state index >= 15 is 0 Å². The zero-order chi connectivity index (χ0) is 15.1. The van der Waals surface area contributed by atoms with E-state index in [1.807, 2.05) is 25.1 Å². The number of rotatable bonds is 7. The molecular formula is C17H26ClNO2. The Balaban J connectivity index is 1.94. The molecule has 0 spiro atoms. The Morgan fingerprint density at radius 2 is 2.05 bits per heavy atom. The number of hydrogen-bond donors (Lipinski definition) is 2. The van der Waals surface area contributed by atoms with Crippen LogP contribution in [-0.2, 0) is 0 Å². The number of nitrogens with one attached hydrogen (secondary N) is 1. The van der Waals surface area contributed by atoms with E-state index in [4.69, 9.17) is 16.5 Å². The summed E-state index contributed by atoms with van der Waals surface area (Å²) in [6.07, 6.45) is 6.67. The van der Waals surface area contributed by atoms with Gasteiger partial charge in [0, 0.05) is 6.54 Å². The third-order valence-corrected chi connectivity index (χ3v) is 4.37. The highest BCUT2D eigenvalue weighted by Gasteiger charge is 2.15. The van der Waals surface area contributed by atoms with Gasteiger partial charge in [-0.3, -0.25) is 0 Å². The number of hydrogen-bond acceptors (Lipinski definition) is 3. The topological polar surface area (TPSA) is 41.5 Å². The average molecular weight is 312 g/mol. The van der Waals surface area contributed by atoms with Crippen molar-refractivity contribution in [2.45, 2.75) is 51.6 Å². The van der Waals surface area contributed by atoms with Gasteiger partial charge in [0.15, 0.2) is 0 Å². The molecule has 3 nitrogen and oxygen atoms in total. The summed E-state index contributed by atoms with van der Waals surface area (Å²) in [7, 11) is 0. The zero-order valence-electron chi connectivity index (χ0n) is 12.8. The van der Waals surface area contributed by atoms with Crippen LogP contribution in [0.1, 0.15) is 55.8 Å². The van der Waals surface area contributed by atoms with E-state index in [0.29, 0.717) is 18.9 Å². The van der Waals surface area contributed by atoms with Crippen molar-refractivity contribution in [3.8, 4) is 5.75 Å². The van der Waals surface area contributed by atoms with E-state index < -0.39 is 6.10 Å². The number of ether oxygens (including phenoxy) is 1. The second kappa shape index (κ2) is 8.62. The summed E-state index contributed by atoms with van der Waals surface area (Å²) in [5.41, 5.74) is 2.02. The molecule has 1 fully saturated rings. The summed E-state index contributed by atoms with van der Waals surface area (Å²) < 4.78 is 5.97. The van der Waals surface area contributed by atoms with Crippen LogP contribution in [-0.4, -0.2) is 18.3 Å². The Labute approximate surface area is 132 Å². The zero-order valence-corrected chi connectivity index (χ0v) is 13.5. The minimum atomic E-state index is -0.506. The van der Waals surface area contributed by atoms with Crippen molar-refractivity contribution >= 4 is 11.8 Å². The van der Waals surface area contributed by atoms with E-state index in [1.54, 1.807) is 0 Å². The van der Waals surface area contributed by atoms with E-state index in [0.717, 1.165) is 23.5 Å². The molecule has 1 aromatic rings. The first kappa shape index (κ1) is 16.6. The summed E-state index contributed by atoms with van der Waals surface area (Å²) in [6, 6.07) is 6.00. The van der Waals surface area contributed by atoms with Gasteiger partial charge in [0.2, 0.25) is 0 Å². The normalized spacial score (nSPS) is 17.7.